The van der Waals surface area contributed by atoms with Crippen LogP contribution in [-0.2, 0) is 0 Å². The molecule has 1 aliphatic heterocycles. The summed E-state index contributed by atoms with van der Waals surface area (Å²) in [5, 5.41) is 8.75. The van der Waals surface area contributed by atoms with Gasteiger partial charge < -0.3 is 0 Å². The predicted molar refractivity (Wildman–Crippen MR) is 65.8 cm³/mol. The standard InChI is InChI=1S/C14H20N2/c1-2-14(8-4-3-5-9-14)16-11-7-13(12-16)6-10-15/h3-5,8,13H,2,6-7,9,11-12H2,1H3/t13-,14+/m0/s1. The molecular weight excluding hydrogens is 196 g/mol. The van der Waals surface area contributed by atoms with Gasteiger partial charge in [-0.2, -0.15) is 5.26 Å². The zero-order chi connectivity index (χ0) is 11.4. The molecule has 0 unspecified atom stereocenters. The van der Waals surface area contributed by atoms with Gasteiger partial charge in [-0.15, -0.1) is 0 Å². The third-order valence-electron chi connectivity index (χ3n) is 4.03. The molecule has 0 amide bonds. The Morgan fingerprint density at radius 2 is 2.38 bits per heavy atom. The topological polar surface area (TPSA) is 27.0 Å². The number of hydrogen-bond donors (Lipinski definition) is 0. The van der Waals surface area contributed by atoms with Crippen molar-refractivity contribution in [2.75, 3.05) is 13.1 Å². The second kappa shape index (κ2) is 4.84. The third kappa shape index (κ3) is 2.05. The van der Waals surface area contributed by atoms with Crippen molar-refractivity contribution in [2.24, 2.45) is 5.92 Å². The lowest BCUT2D eigenvalue weighted by molar-refractivity contribution is 0.155. The van der Waals surface area contributed by atoms with Crippen molar-refractivity contribution in [1.82, 2.24) is 4.90 Å². The highest BCUT2D eigenvalue weighted by atomic mass is 15.2. The Labute approximate surface area is 98.2 Å². The molecule has 16 heavy (non-hydrogen) atoms. The lowest BCUT2D eigenvalue weighted by Gasteiger charge is -2.39. The van der Waals surface area contributed by atoms with E-state index in [2.05, 4.69) is 42.2 Å². The minimum Gasteiger partial charge on any atom is -0.294 e. The van der Waals surface area contributed by atoms with E-state index in [1.807, 2.05) is 0 Å². The van der Waals surface area contributed by atoms with E-state index < -0.39 is 0 Å². The molecule has 0 aromatic heterocycles. The van der Waals surface area contributed by atoms with Gasteiger partial charge in [0.15, 0.2) is 0 Å². The Bertz CT molecular complexity index is 337. The molecule has 0 N–H and O–H groups in total. The molecule has 0 aromatic carbocycles. The lowest BCUT2D eigenvalue weighted by Crippen LogP contribution is -2.45. The molecule has 1 saturated heterocycles. The fraction of sp³-hybridized carbons (Fsp3) is 0.643. The fourth-order valence-corrected chi connectivity index (χ4v) is 2.91. The predicted octanol–water partition coefficient (Wildman–Crippen LogP) is 2.89. The number of rotatable bonds is 3. The summed E-state index contributed by atoms with van der Waals surface area (Å²) in [6.07, 6.45) is 13.1. The Morgan fingerprint density at radius 3 is 3.00 bits per heavy atom. The molecule has 0 saturated carbocycles. The quantitative estimate of drug-likeness (QED) is 0.725. The van der Waals surface area contributed by atoms with E-state index >= 15 is 0 Å². The van der Waals surface area contributed by atoms with Gasteiger partial charge in [0.2, 0.25) is 0 Å². The van der Waals surface area contributed by atoms with Gasteiger partial charge in [0, 0.05) is 18.5 Å². The van der Waals surface area contributed by atoms with Crippen molar-refractivity contribution in [3.05, 3.63) is 24.3 Å². The number of likely N-dealkylation sites (tertiary alicyclic amines) is 1. The fourth-order valence-electron chi connectivity index (χ4n) is 2.91. The average Bonchev–Trinajstić information content (AvgIpc) is 2.80. The first-order valence-corrected chi connectivity index (χ1v) is 6.27. The summed E-state index contributed by atoms with van der Waals surface area (Å²) in [5.74, 6) is 0.590. The highest BCUT2D eigenvalue weighted by Gasteiger charge is 2.36. The summed E-state index contributed by atoms with van der Waals surface area (Å²) < 4.78 is 0. The van der Waals surface area contributed by atoms with Gasteiger partial charge in [0.25, 0.3) is 0 Å². The van der Waals surface area contributed by atoms with Crippen LogP contribution < -0.4 is 0 Å². The van der Waals surface area contributed by atoms with E-state index in [1.165, 1.54) is 6.42 Å². The molecule has 2 nitrogen and oxygen atoms in total. The minimum atomic E-state index is 0.235. The first-order valence-electron chi connectivity index (χ1n) is 6.27. The smallest absolute Gasteiger partial charge is 0.0625 e. The van der Waals surface area contributed by atoms with Gasteiger partial charge in [0.05, 0.1) is 6.07 Å². The first-order chi connectivity index (χ1) is 7.80. The monoisotopic (exact) mass is 216 g/mol. The van der Waals surface area contributed by atoms with Crippen molar-refractivity contribution < 1.29 is 0 Å². The number of allylic oxidation sites excluding steroid dienone is 2. The summed E-state index contributed by atoms with van der Waals surface area (Å²) in [6.45, 7) is 4.51. The van der Waals surface area contributed by atoms with Crippen LogP contribution in [-0.4, -0.2) is 23.5 Å². The zero-order valence-corrected chi connectivity index (χ0v) is 10.0. The van der Waals surface area contributed by atoms with Crippen molar-refractivity contribution >= 4 is 0 Å². The summed E-state index contributed by atoms with van der Waals surface area (Å²) in [6, 6.07) is 2.30. The van der Waals surface area contributed by atoms with Gasteiger partial charge in [-0.3, -0.25) is 4.90 Å². The van der Waals surface area contributed by atoms with Crippen LogP contribution in [0.4, 0.5) is 0 Å². The molecule has 1 heterocycles. The van der Waals surface area contributed by atoms with E-state index in [-0.39, 0.29) is 5.54 Å². The summed E-state index contributed by atoms with van der Waals surface area (Å²) in [4.78, 5) is 2.58. The molecule has 1 aliphatic carbocycles. The Kier molecular flexibility index (Phi) is 3.46. The molecule has 0 spiro atoms. The normalized spacial score (nSPS) is 34.1. The molecule has 2 rings (SSSR count). The minimum absolute atomic E-state index is 0.235. The third-order valence-corrected chi connectivity index (χ3v) is 4.03. The van der Waals surface area contributed by atoms with Crippen LogP contribution in [0.25, 0.3) is 0 Å². The first kappa shape index (κ1) is 11.4. The highest BCUT2D eigenvalue weighted by Crippen LogP contribution is 2.34. The van der Waals surface area contributed by atoms with Gasteiger partial charge in [-0.05, 0) is 31.7 Å². The van der Waals surface area contributed by atoms with E-state index in [9.17, 15) is 0 Å². The van der Waals surface area contributed by atoms with Crippen LogP contribution in [0.5, 0.6) is 0 Å². The van der Waals surface area contributed by atoms with E-state index in [4.69, 9.17) is 5.26 Å². The summed E-state index contributed by atoms with van der Waals surface area (Å²) in [7, 11) is 0. The van der Waals surface area contributed by atoms with Gasteiger partial charge in [-0.1, -0.05) is 31.2 Å². The van der Waals surface area contributed by atoms with Crippen LogP contribution >= 0.6 is 0 Å². The van der Waals surface area contributed by atoms with Gasteiger partial charge in [-0.25, -0.2) is 0 Å². The van der Waals surface area contributed by atoms with Crippen LogP contribution in [0, 0.1) is 17.2 Å². The van der Waals surface area contributed by atoms with Crippen molar-refractivity contribution in [1.29, 1.82) is 5.26 Å². The maximum absolute atomic E-state index is 8.75. The van der Waals surface area contributed by atoms with Crippen LogP contribution in [0.1, 0.15) is 32.6 Å². The average molecular weight is 216 g/mol. The van der Waals surface area contributed by atoms with E-state index in [1.54, 1.807) is 0 Å². The molecular formula is C14H20N2. The maximum atomic E-state index is 8.75. The number of nitriles is 1. The van der Waals surface area contributed by atoms with Crippen molar-refractivity contribution in [2.45, 2.75) is 38.1 Å². The van der Waals surface area contributed by atoms with E-state index in [0.29, 0.717) is 5.92 Å². The molecule has 2 heteroatoms. The maximum Gasteiger partial charge on any atom is 0.0625 e. The molecule has 2 aliphatic rings. The van der Waals surface area contributed by atoms with Crippen LogP contribution in [0.2, 0.25) is 0 Å². The molecule has 1 fully saturated rings. The SMILES string of the molecule is CC[C@@]1(N2CC[C@H](CC#N)C2)C=CC=CC1. The van der Waals surface area contributed by atoms with Crippen LogP contribution in [0.3, 0.4) is 0 Å². The lowest BCUT2D eigenvalue weighted by atomic mass is 9.87. The second-order valence-corrected chi connectivity index (χ2v) is 4.91. The van der Waals surface area contributed by atoms with Gasteiger partial charge >= 0.3 is 0 Å². The highest BCUT2D eigenvalue weighted by molar-refractivity contribution is 5.21. The molecule has 0 aromatic rings. The summed E-state index contributed by atoms with van der Waals surface area (Å²) in [5.41, 5.74) is 0.235. The van der Waals surface area contributed by atoms with E-state index in [0.717, 1.165) is 32.4 Å². The zero-order valence-electron chi connectivity index (χ0n) is 10.0. The Hall–Kier alpha value is -1.07. The molecule has 2 atom stereocenters. The molecule has 86 valence electrons. The Balaban J connectivity index is 2.04. The van der Waals surface area contributed by atoms with Crippen LogP contribution in [0.15, 0.2) is 24.3 Å². The van der Waals surface area contributed by atoms with Crippen molar-refractivity contribution in [3.8, 4) is 6.07 Å². The second-order valence-electron chi connectivity index (χ2n) is 4.91. The number of hydrogen-bond acceptors (Lipinski definition) is 2. The van der Waals surface area contributed by atoms with Crippen molar-refractivity contribution in [3.63, 3.8) is 0 Å². The largest absolute Gasteiger partial charge is 0.294 e. The summed E-state index contributed by atoms with van der Waals surface area (Å²) >= 11 is 0. The number of nitrogens with zero attached hydrogens (tertiary/aromatic N) is 2. The van der Waals surface area contributed by atoms with Gasteiger partial charge in [0.1, 0.15) is 0 Å². The molecule has 0 bridgehead atoms. The Morgan fingerprint density at radius 1 is 1.50 bits per heavy atom. The molecule has 0 radical (unpaired) electrons.